The van der Waals surface area contributed by atoms with Crippen LogP contribution in [0.4, 0.5) is 0 Å². The van der Waals surface area contributed by atoms with E-state index >= 15 is 0 Å². The summed E-state index contributed by atoms with van der Waals surface area (Å²) < 4.78 is 44.4. The topological polar surface area (TPSA) is 73.9 Å². The van der Waals surface area contributed by atoms with Crippen molar-refractivity contribution in [2.75, 3.05) is 27.4 Å². The molecule has 0 aromatic heterocycles. The number of para-hydroxylation sites is 1. The van der Waals surface area contributed by atoms with Gasteiger partial charge >= 0.3 is 0 Å². The number of sulfonamides is 1. The maximum atomic E-state index is 12.7. The molecule has 1 atom stereocenters. The molecule has 1 unspecified atom stereocenters. The minimum Gasteiger partial charge on any atom is -0.496 e. The fraction of sp³-hybridized carbons (Fsp3) is 0.400. The van der Waals surface area contributed by atoms with E-state index in [0.29, 0.717) is 18.1 Å². The number of benzene rings is 2. The van der Waals surface area contributed by atoms with Crippen molar-refractivity contribution in [3.63, 3.8) is 0 Å². The molecule has 0 aliphatic heterocycles. The smallest absolute Gasteiger partial charge is 0.240 e. The van der Waals surface area contributed by atoms with E-state index in [1.165, 1.54) is 7.11 Å². The normalized spacial score (nSPS) is 12.6. The monoisotopic (exact) mass is 393 g/mol. The molecule has 2 aromatic rings. The van der Waals surface area contributed by atoms with Crippen molar-refractivity contribution in [3.05, 3.63) is 53.6 Å². The van der Waals surface area contributed by atoms with Crippen LogP contribution in [0.25, 0.3) is 0 Å². The van der Waals surface area contributed by atoms with Crippen LogP contribution in [0.15, 0.2) is 47.4 Å². The largest absolute Gasteiger partial charge is 0.496 e. The van der Waals surface area contributed by atoms with Gasteiger partial charge in [-0.1, -0.05) is 25.1 Å². The lowest BCUT2D eigenvalue weighted by atomic mass is 10.1. The van der Waals surface area contributed by atoms with Gasteiger partial charge in [0, 0.05) is 19.2 Å². The Morgan fingerprint density at radius 1 is 1.07 bits per heavy atom. The summed E-state index contributed by atoms with van der Waals surface area (Å²) in [5.74, 6) is 1.34. The summed E-state index contributed by atoms with van der Waals surface area (Å²) in [6, 6.07) is 12.2. The fourth-order valence-corrected chi connectivity index (χ4v) is 3.80. The summed E-state index contributed by atoms with van der Waals surface area (Å²) in [5.41, 5.74) is 1.56. The Hall–Kier alpha value is -2.09. The highest BCUT2D eigenvalue weighted by molar-refractivity contribution is 7.89. The first kappa shape index (κ1) is 21.2. The van der Waals surface area contributed by atoms with Gasteiger partial charge in [-0.2, -0.15) is 0 Å². The van der Waals surface area contributed by atoms with Gasteiger partial charge < -0.3 is 14.2 Å². The minimum absolute atomic E-state index is 0.0896. The molecule has 27 heavy (non-hydrogen) atoms. The van der Waals surface area contributed by atoms with Gasteiger partial charge in [0.25, 0.3) is 0 Å². The number of hydrogen-bond donors (Lipinski definition) is 1. The molecule has 2 aromatic carbocycles. The summed E-state index contributed by atoms with van der Waals surface area (Å²) in [7, 11) is -0.572. The molecule has 0 aliphatic rings. The summed E-state index contributed by atoms with van der Waals surface area (Å²) in [6.07, 6.45) is 0.423. The molecule has 148 valence electrons. The molecule has 0 saturated carbocycles. The van der Waals surface area contributed by atoms with Gasteiger partial charge in [0.05, 0.1) is 24.7 Å². The highest BCUT2D eigenvalue weighted by Gasteiger charge is 2.21. The Bertz CT molecular complexity index is 851. The first-order chi connectivity index (χ1) is 12.9. The number of hydrogen-bond acceptors (Lipinski definition) is 5. The number of rotatable bonds is 10. The first-order valence-electron chi connectivity index (χ1n) is 8.81. The van der Waals surface area contributed by atoms with Gasteiger partial charge in [-0.15, -0.1) is 0 Å². The van der Waals surface area contributed by atoms with Crippen molar-refractivity contribution in [1.82, 2.24) is 4.72 Å². The van der Waals surface area contributed by atoms with E-state index in [2.05, 4.69) is 4.72 Å². The lowest BCUT2D eigenvalue weighted by Gasteiger charge is -2.19. The van der Waals surface area contributed by atoms with Gasteiger partial charge in [-0.3, -0.25) is 0 Å². The molecule has 6 nitrogen and oxygen atoms in total. The van der Waals surface area contributed by atoms with E-state index in [9.17, 15) is 8.42 Å². The maximum absolute atomic E-state index is 12.7. The number of aryl methyl sites for hydroxylation is 1. The van der Waals surface area contributed by atoms with Gasteiger partial charge in [0.1, 0.15) is 11.5 Å². The van der Waals surface area contributed by atoms with Crippen LogP contribution in [0.2, 0.25) is 0 Å². The molecule has 0 amide bonds. The van der Waals surface area contributed by atoms with Crippen LogP contribution in [-0.4, -0.2) is 35.8 Å². The number of ether oxygens (including phenoxy) is 3. The molecule has 0 aliphatic carbocycles. The first-order valence-corrected chi connectivity index (χ1v) is 10.3. The van der Waals surface area contributed by atoms with E-state index in [-0.39, 0.29) is 11.4 Å². The predicted octanol–water partition coefficient (Wildman–Crippen LogP) is 3.46. The third kappa shape index (κ3) is 5.45. The van der Waals surface area contributed by atoms with E-state index in [1.54, 1.807) is 25.3 Å². The second-order valence-electron chi connectivity index (χ2n) is 6.09. The van der Waals surface area contributed by atoms with Crippen LogP contribution in [-0.2, 0) is 14.8 Å². The zero-order chi connectivity index (χ0) is 19.9. The molecular formula is C20H27NO5S. The highest BCUT2D eigenvalue weighted by Crippen LogP contribution is 2.27. The van der Waals surface area contributed by atoms with Gasteiger partial charge in [-0.25, -0.2) is 13.1 Å². The van der Waals surface area contributed by atoms with Gasteiger partial charge in [0.2, 0.25) is 10.0 Å². The fourth-order valence-electron chi connectivity index (χ4n) is 2.68. The molecule has 0 spiro atoms. The molecule has 0 saturated heterocycles. The van der Waals surface area contributed by atoms with E-state index in [4.69, 9.17) is 14.2 Å². The summed E-state index contributed by atoms with van der Waals surface area (Å²) >= 11 is 0. The van der Waals surface area contributed by atoms with E-state index < -0.39 is 16.1 Å². The second-order valence-corrected chi connectivity index (χ2v) is 7.86. The second kappa shape index (κ2) is 9.73. The Balaban J connectivity index is 2.14. The Kier molecular flexibility index (Phi) is 7.65. The van der Waals surface area contributed by atoms with Crippen LogP contribution in [0.1, 0.15) is 30.6 Å². The lowest BCUT2D eigenvalue weighted by molar-refractivity contribution is 0.105. The average molecular weight is 394 g/mol. The van der Waals surface area contributed by atoms with E-state index in [0.717, 1.165) is 17.5 Å². The van der Waals surface area contributed by atoms with Crippen molar-refractivity contribution < 1.29 is 22.6 Å². The quantitative estimate of drug-likeness (QED) is 0.669. The summed E-state index contributed by atoms with van der Waals surface area (Å²) in [4.78, 5) is 0.193. The lowest BCUT2D eigenvalue weighted by Crippen LogP contribution is -2.29. The van der Waals surface area contributed by atoms with Crippen molar-refractivity contribution in [2.45, 2.75) is 31.3 Å². The predicted molar refractivity (Wildman–Crippen MR) is 105 cm³/mol. The molecular weight excluding hydrogens is 366 g/mol. The van der Waals surface area contributed by atoms with Crippen molar-refractivity contribution in [2.24, 2.45) is 0 Å². The van der Waals surface area contributed by atoms with Crippen molar-refractivity contribution in [1.29, 1.82) is 0 Å². The Labute approximate surface area is 161 Å². The van der Waals surface area contributed by atoms with Crippen molar-refractivity contribution in [3.8, 4) is 11.5 Å². The van der Waals surface area contributed by atoms with Crippen LogP contribution in [0.5, 0.6) is 11.5 Å². The standard InChI is InChI=1S/C20H27NO5S/c1-5-12-26-18-11-10-16(13-15(18)2)27(22,23)21-14-20(25-4)17-8-6-7-9-19(17)24-3/h6-11,13,20-21H,5,12,14H2,1-4H3. The summed E-state index contributed by atoms with van der Waals surface area (Å²) in [5, 5.41) is 0. The minimum atomic E-state index is -3.68. The molecule has 0 bridgehead atoms. The average Bonchev–Trinajstić information content (AvgIpc) is 2.67. The van der Waals surface area contributed by atoms with Crippen LogP contribution in [0.3, 0.4) is 0 Å². The Morgan fingerprint density at radius 2 is 1.81 bits per heavy atom. The number of nitrogens with one attached hydrogen (secondary N) is 1. The molecule has 0 heterocycles. The van der Waals surface area contributed by atoms with Gasteiger partial charge in [0.15, 0.2) is 0 Å². The molecule has 0 radical (unpaired) electrons. The third-order valence-corrected chi connectivity index (χ3v) is 5.57. The number of methoxy groups -OCH3 is 2. The molecule has 0 fully saturated rings. The SMILES string of the molecule is CCCOc1ccc(S(=O)(=O)NCC(OC)c2ccccc2OC)cc1C. The van der Waals surface area contributed by atoms with Crippen molar-refractivity contribution >= 4 is 10.0 Å². The zero-order valence-electron chi connectivity index (χ0n) is 16.2. The zero-order valence-corrected chi connectivity index (χ0v) is 17.0. The Morgan fingerprint density at radius 3 is 2.44 bits per heavy atom. The molecule has 2 rings (SSSR count). The van der Waals surface area contributed by atoms with Crippen LogP contribution >= 0.6 is 0 Å². The summed E-state index contributed by atoms with van der Waals surface area (Å²) in [6.45, 7) is 4.54. The molecule has 7 heteroatoms. The van der Waals surface area contributed by atoms with E-state index in [1.807, 2.05) is 38.1 Å². The van der Waals surface area contributed by atoms with Crippen LogP contribution < -0.4 is 14.2 Å². The van der Waals surface area contributed by atoms with Gasteiger partial charge in [-0.05, 0) is 43.2 Å². The maximum Gasteiger partial charge on any atom is 0.240 e. The highest BCUT2D eigenvalue weighted by atomic mass is 32.2. The molecule has 1 N–H and O–H groups in total. The van der Waals surface area contributed by atoms with Crippen LogP contribution in [0, 0.1) is 6.92 Å². The third-order valence-electron chi connectivity index (χ3n) is 4.15.